The van der Waals surface area contributed by atoms with Gasteiger partial charge in [-0.3, -0.25) is 4.79 Å². The zero-order valence-corrected chi connectivity index (χ0v) is 6.37. The molecule has 0 heterocycles. The van der Waals surface area contributed by atoms with Gasteiger partial charge in [-0.15, -0.1) is 12.3 Å². The Hall–Kier alpha value is -1.07. The topological polar surface area (TPSA) is 37.3 Å². The lowest BCUT2D eigenvalue weighted by Crippen LogP contribution is -2.32. The molecule has 2 atom stereocenters. The maximum absolute atomic E-state index is 11.0. The van der Waals surface area contributed by atoms with Crippen LogP contribution in [0.2, 0.25) is 0 Å². The normalized spacial score (nSPS) is 35.7. The highest BCUT2D eigenvalue weighted by Gasteiger charge is 2.37. The summed E-state index contributed by atoms with van der Waals surface area (Å²) in [5, 5.41) is 9.55. The van der Waals surface area contributed by atoms with Crippen molar-refractivity contribution in [3.63, 3.8) is 0 Å². The Labute approximate surface area is 65.9 Å². The Morgan fingerprint density at radius 1 is 1.91 bits per heavy atom. The van der Waals surface area contributed by atoms with Gasteiger partial charge in [0.25, 0.3) is 0 Å². The van der Waals surface area contributed by atoms with Gasteiger partial charge in [-0.2, -0.15) is 0 Å². The number of hydrogen-bond donors (Lipinski definition) is 1. The van der Waals surface area contributed by atoms with Gasteiger partial charge in [0, 0.05) is 6.42 Å². The van der Waals surface area contributed by atoms with E-state index in [9.17, 15) is 9.90 Å². The van der Waals surface area contributed by atoms with Crippen molar-refractivity contribution >= 4 is 5.78 Å². The number of aliphatic hydroxyl groups is 1. The molecule has 1 aliphatic rings. The average Bonchev–Trinajstić information content (AvgIpc) is 2.16. The largest absolute Gasteiger partial charge is 0.385 e. The van der Waals surface area contributed by atoms with Crippen LogP contribution < -0.4 is 0 Å². The van der Waals surface area contributed by atoms with Gasteiger partial charge < -0.3 is 5.11 Å². The Balaban J connectivity index is 2.80. The third-order valence-corrected chi connectivity index (χ3v) is 1.96. The Morgan fingerprint density at radius 2 is 2.55 bits per heavy atom. The van der Waals surface area contributed by atoms with E-state index < -0.39 is 11.5 Å². The summed E-state index contributed by atoms with van der Waals surface area (Å²) >= 11 is 0. The molecule has 2 heteroatoms. The van der Waals surface area contributed by atoms with Crippen LogP contribution in [0.15, 0.2) is 12.2 Å². The van der Waals surface area contributed by atoms with Crippen LogP contribution in [0.5, 0.6) is 0 Å². The fourth-order valence-corrected chi connectivity index (χ4v) is 1.20. The first-order chi connectivity index (χ1) is 5.08. The van der Waals surface area contributed by atoms with Crippen molar-refractivity contribution < 1.29 is 9.90 Å². The van der Waals surface area contributed by atoms with Crippen LogP contribution in [0.4, 0.5) is 0 Å². The van der Waals surface area contributed by atoms with Crippen LogP contribution in [-0.2, 0) is 4.79 Å². The van der Waals surface area contributed by atoms with Crippen molar-refractivity contribution in [2.24, 2.45) is 5.92 Å². The summed E-state index contributed by atoms with van der Waals surface area (Å²) in [5.41, 5.74) is -1.04. The van der Waals surface area contributed by atoms with Crippen LogP contribution in [0.3, 0.4) is 0 Å². The molecule has 11 heavy (non-hydrogen) atoms. The summed E-state index contributed by atoms with van der Waals surface area (Å²) in [7, 11) is 0. The Kier molecular flexibility index (Phi) is 1.84. The number of carbonyl (C=O) groups is 1. The van der Waals surface area contributed by atoms with Crippen molar-refractivity contribution in [1.82, 2.24) is 0 Å². The molecule has 58 valence electrons. The molecule has 0 radical (unpaired) electrons. The van der Waals surface area contributed by atoms with E-state index in [0.717, 1.165) is 0 Å². The SMILES string of the molecule is C#CCC1C(=O)C=CC1(C)O. The first kappa shape index (κ1) is 8.03. The van der Waals surface area contributed by atoms with E-state index in [0.29, 0.717) is 6.42 Å². The predicted octanol–water partition coefficient (Wildman–Crippen LogP) is 0.516. The highest BCUT2D eigenvalue weighted by atomic mass is 16.3. The van der Waals surface area contributed by atoms with Gasteiger partial charge in [-0.25, -0.2) is 0 Å². The second-order valence-electron chi connectivity index (χ2n) is 2.92. The van der Waals surface area contributed by atoms with E-state index in [4.69, 9.17) is 6.42 Å². The molecule has 0 aromatic heterocycles. The molecule has 0 aromatic rings. The predicted molar refractivity (Wildman–Crippen MR) is 41.7 cm³/mol. The Morgan fingerprint density at radius 3 is 2.91 bits per heavy atom. The third kappa shape index (κ3) is 1.33. The second kappa shape index (κ2) is 2.52. The maximum Gasteiger partial charge on any atom is 0.162 e. The first-order valence-electron chi connectivity index (χ1n) is 3.47. The van der Waals surface area contributed by atoms with Gasteiger partial charge in [-0.05, 0) is 19.1 Å². The molecule has 0 saturated heterocycles. The number of hydrogen-bond acceptors (Lipinski definition) is 2. The van der Waals surface area contributed by atoms with Crippen LogP contribution in [0.1, 0.15) is 13.3 Å². The molecule has 0 amide bonds. The Bertz CT molecular complexity index is 243. The molecular weight excluding hydrogens is 140 g/mol. The minimum atomic E-state index is -1.04. The monoisotopic (exact) mass is 150 g/mol. The van der Waals surface area contributed by atoms with Crippen molar-refractivity contribution in [1.29, 1.82) is 0 Å². The van der Waals surface area contributed by atoms with Crippen molar-refractivity contribution in [2.75, 3.05) is 0 Å². The van der Waals surface area contributed by atoms with Crippen LogP contribution in [0, 0.1) is 18.3 Å². The fraction of sp³-hybridized carbons (Fsp3) is 0.444. The maximum atomic E-state index is 11.0. The molecule has 1 aliphatic carbocycles. The van der Waals surface area contributed by atoms with Crippen molar-refractivity contribution in [2.45, 2.75) is 18.9 Å². The molecule has 0 aromatic carbocycles. The molecule has 0 aliphatic heterocycles. The molecular formula is C9H10O2. The standard InChI is InChI=1S/C9H10O2/c1-3-4-7-8(10)5-6-9(7,2)11/h1,5-7,11H,4H2,2H3. The molecule has 0 bridgehead atoms. The quantitative estimate of drug-likeness (QED) is 0.553. The number of terminal acetylenes is 1. The van der Waals surface area contributed by atoms with E-state index in [1.54, 1.807) is 6.92 Å². The highest BCUT2D eigenvalue weighted by molar-refractivity contribution is 5.96. The third-order valence-electron chi connectivity index (χ3n) is 1.96. The molecule has 2 unspecified atom stereocenters. The summed E-state index contributed by atoms with van der Waals surface area (Å²) in [6.07, 6.45) is 8.24. The van der Waals surface area contributed by atoms with Crippen LogP contribution in [-0.4, -0.2) is 16.5 Å². The van der Waals surface area contributed by atoms with Gasteiger partial charge in [0.1, 0.15) is 0 Å². The van der Waals surface area contributed by atoms with E-state index in [2.05, 4.69) is 5.92 Å². The van der Waals surface area contributed by atoms with E-state index in [-0.39, 0.29) is 5.78 Å². The molecule has 2 nitrogen and oxygen atoms in total. The average molecular weight is 150 g/mol. The zero-order valence-electron chi connectivity index (χ0n) is 6.37. The summed E-state index contributed by atoms with van der Waals surface area (Å²) in [6.45, 7) is 1.59. The van der Waals surface area contributed by atoms with Gasteiger partial charge in [0.2, 0.25) is 0 Å². The van der Waals surface area contributed by atoms with Gasteiger partial charge >= 0.3 is 0 Å². The van der Waals surface area contributed by atoms with Gasteiger partial charge in [0.15, 0.2) is 5.78 Å². The number of rotatable bonds is 1. The van der Waals surface area contributed by atoms with E-state index >= 15 is 0 Å². The number of allylic oxidation sites excluding steroid dienone is 1. The van der Waals surface area contributed by atoms with Crippen LogP contribution >= 0.6 is 0 Å². The smallest absolute Gasteiger partial charge is 0.162 e. The number of carbonyl (C=O) groups excluding carboxylic acids is 1. The lowest BCUT2D eigenvalue weighted by molar-refractivity contribution is -0.121. The molecule has 1 N–H and O–H groups in total. The summed E-state index contributed by atoms with van der Waals surface area (Å²) in [6, 6.07) is 0. The molecule has 0 spiro atoms. The molecule has 1 rings (SSSR count). The first-order valence-corrected chi connectivity index (χ1v) is 3.47. The van der Waals surface area contributed by atoms with Crippen molar-refractivity contribution in [3.05, 3.63) is 12.2 Å². The number of ketones is 1. The lowest BCUT2D eigenvalue weighted by Gasteiger charge is -2.21. The fourth-order valence-electron chi connectivity index (χ4n) is 1.20. The summed E-state index contributed by atoms with van der Waals surface area (Å²) in [5.74, 6) is 1.86. The molecule has 0 saturated carbocycles. The second-order valence-corrected chi connectivity index (χ2v) is 2.92. The summed E-state index contributed by atoms with van der Waals surface area (Å²) < 4.78 is 0. The molecule has 0 fully saturated rings. The lowest BCUT2D eigenvalue weighted by atomic mass is 9.89. The van der Waals surface area contributed by atoms with E-state index in [1.165, 1.54) is 12.2 Å². The van der Waals surface area contributed by atoms with Crippen molar-refractivity contribution in [3.8, 4) is 12.3 Å². The highest BCUT2D eigenvalue weighted by Crippen LogP contribution is 2.28. The summed E-state index contributed by atoms with van der Waals surface area (Å²) in [4.78, 5) is 11.0. The zero-order chi connectivity index (χ0) is 8.48. The van der Waals surface area contributed by atoms with Gasteiger partial charge in [-0.1, -0.05) is 0 Å². The van der Waals surface area contributed by atoms with Crippen LogP contribution in [0.25, 0.3) is 0 Å². The van der Waals surface area contributed by atoms with Gasteiger partial charge in [0.05, 0.1) is 11.5 Å². The minimum absolute atomic E-state index is 0.0760. The minimum Gasteiger partial charge on any atom is -0.385 e. The van der Waals surface area contributed by atoms with E-state index in [1.807, 2.05) is 0 Å².